The maximum absolute atomic E-state index is 12.7. The fourth-order valence-corrected chi connectivity index (χ4v) is 4.59. The fraction of sp³-hybridized carbons (Fsp3) is 0.391. The molecule has 0 aromatic carbocycles. The second-order valence-electron chi connectivity index (χ2n) is 8.91. The molecule has 2 atom stereocenters. The number of carbonyl (C=O) groups is 5. The quantitative estimate of drug-likeness (QED) is 0.113. The van der Waals surface area contributed by atoms with Gasteiger partial charge in [-0.1, -0.05) is 11.3 Å². The van der Waals surface area contributed by atoms with Crippen molar-refractivity contribution < 1.29 is 44.4 Å². The topological polar surface area (TPSA) is 274 Å². The van der Waals surface area contributed by atoms with Gasteiger partial charge in [-0.2, -0.15) is 9.97 Å². The Morgan fingerprint density at radius 3 is 2.37 bits per heavy atom. The monoisotopic (exact) mass is 592 g/mol. The molecule has 17 nitrogen and oxygen atoms in total. The van der Waals surface area contributed by atoms with Crippen LogP contribution in [0.1, 0.15) is 41.0 Å². The van der Waals surface area contributed by atoms with Crippen LogP contribution in [0.3, 0.4) is 0 Å². The lowest BCUT2D eigenvalue weighted by atomic mass is 10.1. The lowest BCUT2D eigenvalue weighted by Gasteiger charge is -2.16. The highest BCUT2D eigenvalue weighted by atomic mass is 32.1. The number of carboxylic acid groups (broad SMARTS) is 3. The lowest BCUT2D eigenvalue weighted by molar-refractivity contribution is -0.143. The molecule has 0 saturated carbocycles. The largest absolute Gasteiger partial charge is 0.493 e. The first-order valence-electron chi connectivity index (χ1n) is 12.1. The molecular weight excluding hydrogens is 564 g/mol. The van der Waals surface area contributed by atoms with Crippen LogP contribution in [0.25, 0.3) is 11.0 Å². The Morgan fingerprint density at radius 1 is 1.05 bits per heavy atom. The van der Waals surface area contributed by atoms with E-state index in [1.807, 2.05) is 4.90 Å². The summed E-state index contributed by atoms with van der Waals surface area (Å²) in [5.74, 6) is -5.95. The first-order valence-corrected chi connectivity index (χ1v) is 12.9. The molecule has 3 aromatic rings. The van der Waals surface area contributed by atoms with Gasteiger partial charge in [0, 0.05) is 32.6 Å². The van der Waals surface area contributed by atoms with Crippen LogP contribution in [0.4, 0.5) is 10.9 Å². The maximum atomic E-state index is 12.7. The molecule has 9 N–H and O–H groups in total. The fourth-order valence-electron chi connectivity index (χ4n) is 3.78. The number of anilines is 2. The summed E-state index contributed by atoms with van der Waals surface area (Å²) in [6.07, 6.45) is 2.00. The molecule has 0 unspecified atom stereocenters. The maximum Gasteiger partial charge on any atom is 0.326 e. The molecular formula is C23H28N8O9S. The van der Waals surface area contributed by atoms with Crippen LogP contribution in [-0.4, -0.2) is 95.8 Å². The Labute approximate surface area is 235 Å². The third-order valence-electron chi connectivity index (χ3n) is 5.94. The van der Waals surface area contributed by atoms with E-state index in [-0.39, 0.29) is 29.7 Å². The van der Waals surface area contributed by atoms with Crippen molar-refractivity contribution in [2.45, 2.75) is 44.2 Å². The average Bonchev–Trinajstić information content (AvgIpc) is 3.55. The number of nitrogens with two attached hydrogens (primary N) is 1. The van der Waals surface area contributed by atoms with Crippen molar-refractivity contribution in [3.05, 3.63) is 23.0 Å². The summed E-state index contributed by atoms with van der Waals surface area (Å²) in [5, 5.41) is 43.0. The molecule has 0 aliphatic rings. The number of likely N-dealkylation sites (N-methyl/N-ethyl adjacent to an activating group) is 1. The number of hydrogen-bond donors (Lipinski definition) is 8. The van der Waals surface area contributed by atoms with Gasteiger partial charge in [0.25, 0.3) is 5.91 Å². The predicted molar refractivity (Wildman–Crippen MR) is 144 cm³/mol. The smallest absolute Gasteiger partial charge is 0.326 e. The van der Waals surface area contributed by atoms with Crippen LogP contribution in [0, 0.1) is 0 Å². The highest BCUT2D eigenvalue weighted by Gasteiger charge is 2.26. The van der Waals surface area contributed by atoms with Gasteiger partial charge in [-0.3, -0.25) is 14.4 Å². The zero-order chi connectivity index (χ0) is 30.3. The van der Waals surface area contributed by atoms with E-state index in [0.29, 0.717) is 29.0 Å². The van der Waals surface area contributed by atoms with Crippen molar-refractivity contribution in [1.29, 1.82) is 0 Å². The number of rotatable bonds is 15. The van der Waals surface area contributed by atoms with Gasteiger partial charge in [0.2, 0.25) is 17.7 Å². The third kappa shape index (κ3) is 8.24. The molecule has 220 valence electrons. The van der Waals surface area contributed by atoms with Gasteiger partial charge in [0.05, 0.1) is 11.6 Å². The van der Waals surface area contributed by atoms with Gasteiger partial charge in [-0.15, -0.1) is 0 Å². The van der Waals surface area contributed by atoms with Crippen LogP contribution in [0.15, 0.2) is 12.4 Å². The molecule has 41 heavy (non-hydrogen) atoms. The number of aromatic nitrogens is 4. The summed E-state index contributed by atoms with van der Waals surface area (Å²) in [6.45, 7) is 0.455. The van der Waals surface area contributed by atoms with E-state index in [0.717, 1.165) is 16.9 Å². The molecule has 2 amide bonds. The second kappa shape index (κ2) is 13.4. The summed E-state index contributed by atoms with van der Waals surface area (Å²) in [5.41, 5.74) is 6.69. The number of aromatic hydroxyl groups is 1. The van der Waals surface area contributed by atoms with Crippen molar-refractivity contribution in [3.8, 4) is 5.88 Å². The van der Waals surface area contributed by atoms with Gasteiger partial charge in [0.15, 0.2) is 5.01 Å². The van der Waals surface area contributed by atoms with E-state index in [9.17, 15) is 34.2 Å². The summed E-state index contributed by atoms with van der Waals surface area (Å²) >= 11 is 1.01. The predicted octanol–water partition coefficient (Wildman–Crippen LogP) is -0.221. The summed E-state index contributed by atoms with van der Waals surface area (Å²) in [4.78, 5) is 75.0. The molecule has 0 radical (unpaired) electrons. The number of aliphatic carboxylic acids is 3. The average molecular weight is 593 g/mol. The number of H-pyrrole nitrogens is 1. The van der Waals surface area contributed by atoms with E-state index < -0.39 is 54.6 Å². The molecule has 0 fully saturated rings. The zero-order valence-corrected chi connectivity index (χ0v) is 22.5. The third-order valence-corrected chi connectivity index (χ3v) is 7.05. The van der Waals surface area contributed by atoms with Crippen LogP contribution in [0.2, 0.25) is 0 Å². The number of carbonyl (C=O) groups excluding carboxylic acids is 2. The molecule has 3 rings (SSSR count). The van der Waals surface area contributed by atoms with Crippen LogP contribution >= 0.6 is 11.3 Å². The first-order chi connectivity index (χ1) is 19.3. The SMILES string of the molecule is CN(CCc1c[nH]c2nc(N)nc(O)c12)c1cnc(C(=O)N[C@@H](CCC(=O)N[C@@H](CCC(=O)O)C(=O)O)C(=O)O)s1. The Hall–Kier alpha value is -5.00. The summed E-state index contributed by atoms with van der Waals surface area (Å²) < 4.78 is 0. The molecule has 18 heteroatoms. The van der Waals surface area contributed by atoms with Gasteiger partial charge in [0.1, 0.15) is 22.7 Å². The van der Waals surface area contributed by atoms with Crippen LogP contribution < -0.4 is 21.3 Å². The van der Waals surface area contributed by atoms with E-state index >= 15 is 0 Å². The number of nitrogens with one attached hydrogen (secondary N) is 3. The Bertz CT molecular complexity index is 1460. The number of carboxylic acids is 3. The van der Waals surface area contributed by atoms with Gasteiger partial charge >= 0.3 is 17.9 Å². The molecule has 0 aliphatic heterocycles. The number of fused-ring (bicyclic) bond motifs is 1. The molecule has 0 spiro atoms. The number of aromatic amines is 1. The number of nitrogens with zero attached hydrogens (tertiary/aromatic N) is 4. The normalized spacial score (nSPS) is 12.4. The number of thiazole rings is 1. The minimum Gasteiger partial charge on any atom is -0.493 e. The van der Waals surface area contributed by atoms with Gasteiger partial charge in [-0.05, 0) is 24.8 Å². The van der Waals surface area contributed by atoms with E-state index in [1.165, 1.54) is 6.20 Å². The Morgan fingerprint density at radius 2 is 1.71 bits per heavy atom. The summed E-state index contributed by atoms with van der Waals surface area (Å²) in [7, 11) is 1.76. The molecule has 0 saturated heterocycles. The Balaban J connectivity index is 1.55. The lowest BCUT2D eigenvalue weighted by Crippen LogP contribution is -2.44. The molecule has 3 heterocycles. The van der Waals surface area contributed by atoms with Gasteiger partial charge < -0.3 is 46.7 Å². The Kier molecular flexibility index (Phi) is 9.96. The zero-order valence-electron chi connectivity index (χ0n) is 21.7. The van der Waals surface area contributed by atoms with Crippen molar-refractivity contribution in [2.75, 3.05) is 24.2 Å². The van der Waals surface area contributed by atoms with Crippen LogP contribution in [-0.2, 0) is 25.6 Å². The highest BCUT2D eigenvalue weighted by molar-refractivity contribution is 7.17. The molecule has 3 aromatic heterocycles. The first kappa shape index (κ1) is 30.5. The van der Waals surface area contributed by atoms with E-state index in [1.54, 1.807) is 13.2 Å². The van der Waals surface area contributed by atoms with Crippen LogP contribution in [0.5, 0.6) is 5.88 Å². The number of amides is 2. The van der Waals surface area contributed by atoms with Crippen molar-refractivity contribution in [1.82, 2.24) is 30.6 Å². The molecule has 0 bridgehead atoms. The van der Waals surface area contributed by atoms with Crippen molar-refractivity contribution in [2.24, 2.45) is 0 Å². The van der Waals surface area contributed by atoms with Crippen molar-refractivity contribution >= 4 is 63.0 Å². The highest BCUT2D eigenvalue weighted by Crippen LogP contribution is 2.27. The van der Waals surface area contributed by atoms with Gasteiger partial charge in [-0.25, -0.2) is 14.6 Å². The standard InChI is InChI=1S/C23H28N8O9S/c1-31(7-6-10-8-25-17-16(10)18(35)30-23(24)29-17)14-9-26-20(41-14)19(36)28-12(22(39)40)2-4-13(32)27-11(21(37)38)3-5-15(33)34/h8-9,11-12H,2-7H2,1H3,(H,27,32)(H,28,36)(H,33,34)(H,37,38)(H,39,40)(H4,24,25,29,30,35)/t11-,12-/m0/s1. The number of hydrogen-bond acceptors (Lipinski definition) is 12. The second-order valence-corrected chi connectivity index (χ2v) is 9.92. The summed E-state index contributed by atoms with van der Waals surface area (Å²) in [6, 6.07) is -2.91. The minimum atomic E-state index is -1.47. The van der Waals surface area contributed by atoms with E-state index in [4.69, 9.17) is 15.9 Å². The van der Waals surface area contributed by atoms with Crippen molar-refractivity contribution in [3.63, 3.8) is 0 Å². The number of nitrogen functional groups attached to an aromatic ring is 1. The minimum absolute atomic E-state index is 0.0178. The van der Waals surface area contributed by atoms with E-state index in [2.05, 4.69) is 30.6 Å². The molecule has 0 aliphatic carbocycles.